The summed E-state index contributed by atoms with van der Waals surface area (Å²) in [7, 11) is 1.55. The molecule has 0 saturated heterocycles. The largest absolute Gasteiger partial charge is 0.502 e. The van der Waals surface area contributed by atoms with E-state index in [0.717, 1.165) is 5.56 Å². The summed E-state index contributed by atoms with van der Waals surface area (Å²) in [5, 5.41) is 20.9. The lowest BCUT2D eigenvalue weighted by atomic mass is 10.1. The highest BCUT2D eigenvalue weighted by molar-refractivity contribution is 7.17. The maximum absolute atomic E-state index is 12.4. The quantitative estimate of drug-likeness (QED) is 0.767. The molecule has 0 amide bonds. The van der Waals surface area contributed by atoms with Gasteiger partial charge in [-0.1, -0.05) is 12.1 Å². The van der Waals surface area contributed by atoms with E-state index < -0.39 is 17.3 Å². The summed E-state index contributed by atoms with van der Waals surface area (Å²) in [5.74, 6) is -1.40. The van der Waals surface area contributed by atoms with Crippen LogP contribution in [0.2, 0.25) is 0 Å². The number of aromatic hydroxyl groups is 1. The molecule has 0 spiro atoms. The van der Waals surface area contributed by atoms with Gasteiger partial charge in [0.05, 0.1) is 23.9 Å². The van der Waals surface area contributed by atoms with Crippen molar-refractivity contribution in [1.29, 1.82) is 0 Å². The molecule has 0 aliphatic carbocycles. The zero-order valence-electron chi connectivity index (χ0n) is 12.1. The molecule has 0 aliphatic heterocycles. The van der Waals surface area contributed by atoms with Gasteiger partial charge in [0.1, 0.15) is 11.3 Å². The van der Waals surface area contributed by atoms with Gasteiger partial charge in [-0.05, 0) is 29.1 Å². The van der Waals surface area contributed by atoms with E-state index in [2.05, 4.69) is 0 Å². The maximum Gasteiger partial charge on any atom is 0.341 e. The molecule has 0 bridgehead atoms. The van der Waals surface area contributed by atoms with Crippen molar-refractivity contribution < 1.29 is 19.7 Å². The van der Waals surface area contributed by atoms with Crippen LogP contribution in [0.15, 0.2) is 40.5 Å². The number of ether oxygens (including phenoxy) is 1. The number of hydrogen-bond donors (Lipinski definition) is 2. The number of fused-ring (bicyclic) bond motifs is 1. The van der Waals surface area contributed by atoms with Gasteiger partial charge >= 0.3 is 5.97 Å². The summed E-state index contributed by atoms with van der Waals surface area (Å²) in [5.41, 5.74) is 0.220. The van der Waals surface area contributed by atoms with E-state index in [4.69, 9.17) is 4.74 Å². The van der Waals surface area contributed by atoms with Crippen LogP contribution in [0.25, 0.3) is 10.2 Å². The van der Waals surface area contributed by atoms with Gasteiger partial charge in [0.2, 0.25) is 0 Å². The topological polar surface area (TPSA) is 88.8 Å². The standard InChI is InChI=1S/C16H13NO5S/c1-22-10-4-2-3-9(7-10)8-17-11-5-6-23-14(11)12(16(20)21)13(18)15(17)19/h2-7,18H,8H2,1H3,(H,20,21). The number of benzene rings is 1. The fourth-order valence-electron chi connectivity index (χ4n) is 2.46. The van der Waals surface area contributed by atoms with Crippen LogP contribution in [0, 0.1) is 0 Å². The van der Waals surface area contributed by atoms with Crippen LogP contribution in [0.1, 0.15) is 15.9 Å². The Morgan fingerprint density at radius 1 is 1.35 bits per heavy atom. The molecule has 23 heavy (non-hydrogen) atoms. The average molecular weight is 331 g/mol. The van der Waals surface area contributed by atoms with E-state index in [0.29, 0.717) is 16.0 Å². The summed E-state index contributed by atoms with van der Waals surface area (Å²) < 4.78 is 6.89. The van der Waals surface area contributed by atoms with Crippen molar-refractivity contribution in [2.45, 2.75) is 6.54 Å². The lowest BCUT2D eigenvalue weighted by Crippen LogP contribution is -2.22. The van der Waals surface area contributed by atoms with Crippen molar-refractivity contribution in [1.82, 2.24) is 4.57 Å². The van der Waals surface area contributed by atoms with Crippen LogP contribution in [0.4, 0.5) is 0 Å². The normalized spacial score (nSPS) is 10.8. The van der Waals surface area contributed by atoms with Crippen LogP contribution in [-0.2, 0) is 6.54 Å². The third-order valence-corrected chi connectivity index (χ3v) is 4.46. The molecule has 2 aromatic heterocycles. The minimum Gasteiger partial charge on any atom is -0.502 e. The second-order valence-corrected chi connectivity index (χ2v) is 5.82. The number of thiophene rings is 1. The molecule has 118 valence electrons. The Balaban J connectivity index is 2.20. The predicted molar refractivity (Wildman–Crippen MR) is 86.8 cm³/mol. The molecule has 0 fully saturated rings. The number of nitrogens with zero attached hydrogens (tertiary/aromatic N) is 1. The van der Waals surface area contributed by atoms with Crippen molar-refractivity contribution in [3.8, 4) is 11.5 Å². The lowest BCUT2D eigenvalue weighted by Gasteiger charge is -2.11. The number of aromatic carboxylic acids is 1. The summed E-state index contributed by atoms with van der Waals surface area (Å²) in [4.78, 5) is 23.7. The van der Waals surface area contributed by atoms with Crippen molar-refractivity contribution in [3.05, 3.63) is 57.2 Å². The molecule has 0 aliphatic rings. The molecule has 0 saturated carbocycles. The zero-order chi connectivity index (χ0) is 16.6. The van der Waals surface area contributed by atoms with Crippen molar-refractivity contribution in [3.63, 3.8) is 0 Å². The van der Waals surface area contributed by atoms with Crippen LogP contribution in [0.3, 0.4) is 0 Å². The Bertz CT molecular complexity index is 957. The van der Waals surface area contributed by atoms with Gasteiger partial charge in [0, 0.05) is 0 Å². The molecule has 3 aromatic rings. The average Bonchev–Trinajstić information content (AvgIpc) is 3.00. The van der Waals surface area contributed by atoms with Crippen molar-refractivity contribution in [2.24, 2.45) is 0 Å². The Labute approximate surface area is 134 Å². The van der Waals surface area contributed by atoms with E-state index in [-0.39, 0.29) is 12.1 Å². The highest BCUT2D eigenvalue weighted by Crippen LogP contribution is 2.29. The first-order valence-corrected chi connectivity index (χ1v) is 7.60. The van der Waals surface area contributed by atoms with Gasteiger partial charge in [-0.3, -0.25) is 9.36 Å². The Kier molecular flexibility index (Phi) is 3.79. The molecule has 3 rings (SSSR count). The molecule has 1 aromatic carbocycles. The summed E-state index contributed by atoms with van der Waals surface area (Å²) >= 11 is 1.17. The van der Waals surface area contributed by atoms with E-state index in [1.807, 2.05) is 6.07 Å². The van der Waals surface area contributed by atoms with Crippen molar-refractivity contribution >= 4 is 27.5 Å². The van der Waals surface area contributed by atoms with Gasteiger partial charge in [-0.2, -0.15) is 0 Å². The molecule has 0 atom stereocenters. The SMILES string of the molecule is COc1cccc(Cn2c(=O)c(O)c(C(=O)O)c3sccc32)c1. The van der Waals surface area contributed by atoms with Gasteiger partial charge < -0.3 is 14.9 Å². The first kappa shape index (κ1) is 15.1. The smallest absolute Gasteiger partial charge is 0.341 e. The number of pyridine rings is 1. The van der Waals surface area contributed by atoms with Gasteiger partial charge in [0.15, 0.2) is 5.75 Å². The third-order valence-electron chi connectivity index (χ3n) is 3.54. The van der Waals surface area contributed by atoms with E-state index in [1.54, 1.807) is 36.8 Å². The Morgan fingerprint density at radius 2 is 2.13 bits per heavy atom. The summed E-state index contributed by atoms with van der Waals surface area (Å²) in [6, 6.07) is 8.88. The molecule has 6 nitrogen and oxygen atoms in total. The van der Waals surface area contributed by atoms with Crippen molar-refractivity contribution in [2.75, 3.05) is 7.11 Å². The lowest BCUT2D eigenvalue weighted by molar-refractivity contribution is 0.0695. The summed E-state index contributed by atoms with van der Waals surface area (Å²) in [6.45, 7) is 0.205. The number of carboxylic acids is 1. The fourth-order valence-corrected chi connectivity index (χ4v) is 3.40. The molecule has 7 heteroatoms. The van der Waals surface area contributed by atoms with Crippen LogP contribution >= 0.6 is 11.3 Å². The second-order valence-electron chi connectivity index (χ2n) is 4.91. The minimum absolute atomic E-state index is 0.205. The molecule has 0 unspecified atom stereocenters. The molecule has 2 heterocycles. The van der Waals surface area contributed by atoms with Gasteiger partial charge in [-0.25, -0.2) is 4.79 Å². The summed E-state index contributed by atoms with van der Waals surface area (Å²) in [6.07, 6.45) is 0. The monoisotopic (exact) mass is 331 g/mol. The fraction of sp³-hybridized carbons (Fsp3) is 0.125. The van der Waals surface area contributed by atoms with E-state index in [1.165, 1.54) is 15.9 Å². The molecular formula is C16H13NO5S. The number of aromatic nitrogens is 1. The Hall–Kier alpha value is -2.80. The molecule has 2 N–H and O–H groups in total. The molecular weight excluding hydrogens is 318 g/mol. The van der Waals surface area contributed by atoms with Crippen LogP contribution in [0.5, 0.6) is 11.5 Å². The van der Waals surface area contributed by atoms with Gasteiger partial charge in [0.25, 0.3) is 5.56 Å². The number of hydrogen-bond acceptors (Lipinski definition) is 5. The third kappa shape index (κ3) is 2.55. The maximum atomic E-state index is 12.4. The van der Waals surface area contributed by atoms with E-state index >= 15 is 0 Å². The van der Waals surface area contributed by atoms with Crippen LogP contribution in [-0.4, -0.2) is 27.9 Å². The number of methoxy groups -OCH3 is 1. The second kappa shape index (κ2) is 5.77. The number of carbonyl (C=O) groups is 1. The molecule has 0 radical (unpaired) electrons. The highest BCUT2D eigenvalue weighted by Gasteiger charge is 2.22. The number of carboxylic acid groups (broad SMARTS) is 1. The minimum atomic E-state index is -1.32. The first-order chi connectivity index (χ1) is 11.0. The van der Waals surface area contributed by atoms with E-state index in [9.17, 15) is 19.8 Å². The first-order valence-electron chi connectivity index (χ1n) is 6.72. The number of rotatable bonds is 4. The van der Waals surface area contributed by atoms with Gasteiger partial charge in [-0.15, -0.1) is 11.3 Å². The predicted octanol–water partition coefficient (Wildman–Crippen LogP) is 2.52. The Morgan fingerprint density at radius 3 is 2.83 bits per heavy atom. The van der Waals surface area contributed by atoms with Crippen LogP contribution < -0.4 is 10.3 Å². The highest BCUT2D eigenvalue weighted by atomic mass is 32.1. The zero-order valence-corrected chi connectivity index (χ0v) is 13.0.